The van der Waals surface area contributed by atoms with E-state index in [-0.39, 0.29) is 5.97 Å². The summed E-state index contributed by atoms with van der Waals surface area (Å²) < 4.78 is 5.05. The Labute approximate surface area is 89.5 Å². The molecule has 0 aliphatic rings. The molecular formula is C12H13NO2. The summed E-state index contributed by atoms with van der Waals surface area (Å²) in [6.45, 7) is 11.2. The molecule has 0 aliphatic heterocycles. The second-order valence-corrected chi connectivity index (χ2v) is 3.65. The van der Waals surface area contributed by atoms with Gasteiger partial charge in [-0.25, -0.2) is 9.64 Å². The minimum absolute atomic E-state index is 0.330. The second kappa shape index (κ2) is 5.16. The van der Waals surface area contributed by atoms with Gasteiger partial charge in [-0.15, -0.1) is 0 Å². The molecule has 0 heterocycles. The number of rotatable bonds is 3. The standard InChI is InChI=1S/C12H13NO2/c1-9(2)8-15-12(14)10-4-6-11(13-3)7-5-10/h4-7,9H,8H2,1-2H3. The normalized spacial score (nSPS) is 9.73. The molecule has 0 unspecified atom stereocenters. The van der Waals surface area contributed by atoms with Crippen LogP contribution in [0.1, 0.15) is 24.2 Å². The van der Waals surface area contributed by atoms with Crippen LogP contribution >= 0.6 is 0 Å². The first-order valence-electron chi connectivity index (χ1n) is 4.78. The highest BCUT2D eigenvalue weighted by atomic mass is 16.5. The molecule has 0 bridgehead atoms. The van der Waals surface area contributed by atoms with Gasteiger partial charge in [0.15, 0.2) is 5.69 Å². The largest absolute Gasteiger partial charge is 0.462 e. The summed E-state index contributed by atoms with van der Waals surface area (Å²) in [6.07, 6.45) is 0. The Bertz CT molecular complexity index is 374. The average molecular weight is 203 g/mol. The van der Waals surface area contributed by atoms with E-state index in [0.29, 0.717) is 23.8 Å². The molecule has 0 amide bonds. The van der Waals surface area contributed by atoms with Gasteiger partial charge in [0, 0.05) is 0 Å². The smallest absolute Gasteiger partial charge is 0.338 e. The van der Waals surface area contributed by atoms with Crippen molar-refractivity contribution in [1.82, 2.24) is 0 Å². The Morgan fingerprint density at radius 1 is 1.40 bits per heavy atom. The molecule has 78 valence electrons. The van der Waals surface area contributed by atoms with Crippen LogP contribution in [-0.2, 0) is 4.74 Å². The van der Waals surface area contributed by atoms with Gasteiger partial charge in [-0.3, -0.25) is 0 Å². The highest BCUT2D eigenvalue weighted by molar-refractivity contribution is 5.89. The molecule has 0 N–H and O–H groups in total. The van der Waals surface area contributed by atoms with E-state index in [1.165, 1.54) is 0 Å². The molecule has 0 saturated carbocycles. The zero-order valence-electron chi connectivity index (χ0n) is 8.86. The van der Waals surface area contributed by atoms with Crippen LogP contribution in [0.25, 0.3) is 4.85 Å². The molecule has 1 aromatic rings. The molecular weight excluding hydrogens is 190 g/mol. The minimum atomic E-state index is -0.333. The molecule has 0 atom stereocenters. The quantitative estimate of drug-likeness (QED) is 0.558. The van der Waals surface area contributed by atoms with Crippen molar-refractivity contribution < 1.29 is 9.53 Å². The zero-order chi connectivity index (χ0) is 11.3. The van der Waals surface area contributed by atoms with Gasteiger partial charge in [0.2, 0.25) is 0 Å². The first kappa shape index (κ1) is 11.3. The van der Waals surface area contributed by atoms with Crippen molar-refractivity contribution in [2.45, 2.75) is 13.8 Å². The maximum Gasteiger partial charge on any atom is 0.338 e. The van der Waals surface area contributed by atoms with Gasteiger partial charge >= 0.3 is 5.97 Å². The van der Waals surface area contributed by atoms with E-state index in [0.717, 1.165) is 0 Å². The van der Waals surface area contributed by atoms with Crippen LogP contribution in [0.2, 0.25) is 0 Å². The maximum absolute atomic E-state index is 11.4. The Kier molecular flexibility index (Phi) is 3.87. The third kappa shape index (κ3) is 3.43. The summed E-state index contributed by atoms with van der Waals surface area (Å²) in [4.78, 5) is 14.7. The average Bonchev–Trinajstić information content (AvgIpc) is 2.26. The van der Waals surface area contributed by atoms with E-state index in [4.69, 9.17) is 11.3 Å². The molecule has 0 saturated heterocycles. The third-order valence-electron chi connectivity index (χ3n) is 1.78. The van der Waals surface area contributed by atoms with Crippen LogP contribution in [0.3, 0.4) is 0 Å². The van der Waals surface area contributed by atoms with Crippen molar-refractivity contribution in [3.63, 3.8) is 0 Å². The van der Waals surface area contributed by atoms with E-state index >= 15 is 0 Å². The fraction of sp³-hybridized carbons (Fsp3) is 0.333. The predicted octanol–water partition coefficient (Wildman–Crippen LogP) is 3.05. The van der Waals surface area contributed by atoms with E-state index in [2.05, 4.69) is 4.85 Å². The van der Waals surface area contributed by atoms with Crippen molar-refractivity contribution in [1.29, 1.82) is 0 Å². The van der Waals surface area contributed by atoms with Crippen LogP contribution in [-0.4, -0.2) is 12.6 Å². The molecule has 0 fully saturated rings. The number of carbonyl (C=O) groups excluding carboxylic acids is 1. The van der Waals surface area contributed by atoms with E-state index in [1.807, 2.05) is 13.8 Å². The number of nitrogens with zero attached hydrogens (tertiary/aromatic N) is 1. The fourth-order valence-electron chi connectivity index (χ4n) is 0.998. The van der Waals surface area contributed by atoms with Gasteiger partial charge < -0.3 is 4.74 Å². The molecule has 0 aliphatic carbocycles. The lowest BCUT2D eigenvalue weighted by Crippen LogP contribution is -2.09. The van der Waals surface area contributed by atoms with Crippen LogP contribution < -0.4 is 0 Å². The van der Waals surface area contributed by atoms with Gasteiger partial charge in [-0.1, -0.05) is 38.1 Å². The van der Waals surface area contributed by atoms with E-state index in [1.54, 1.807) is 24.3 Å². The SMILES string of the molecule is [C-]#[N+]c1ccc(C(=O)OCC(C)C)cc1. The second-order valence-electron chi connectivity index (χ2n) is 3.65. The molecule has 1 rings (SSSR count). The number of carbonyl (C=O) groups is 1. The maximum atomic E-state index is 11.4. The van der Waals surface area contributed by atoms with Crippen LogP contribution in [0.4, 0.5) is 5.69 Å². The lowest BCUT2D eigenvalue weighted by molar-refractivity contribution is 0.0459. The monoisotopic (exact) mass is 203 g/mol. The Morgan fingerprint density at radius 3 is 2.47 bits per heavy atom. The Hall–Kier alpha value is -1.82. The molecule has 0 aromatic heterocycles. The van der Waals surface area contributed by atoms with Gasteiger partial charge in [0.1, 0.15) is 0 Å². The summed E-state index contributed by atoms with van der Waals surface area (Å²) in [6, 6.07) is 6.43. The van der Waals surface area contributed by atoms with Crippen LogP contribution in [0.5, 0.6) is 0 Å². The van der Waals surface area contributed by atoms with E-state index < -0.39 is 0 Å². The first-order valence-corrected chi connectivity index (χ1v) is 4.78. The fourth-order valence-corrected chi connectivity index (χ4v) is 0.998. The first-order chi connectivity index (χ1) is 7.13. The van der Waals surface area contributed by atoms with Gasteiger partial charge in [-0.05, 0) is 5.92 Å². The highest BCUT2D eigenvalue weighted by Crippen LogP contribution is 2.13. The number of ether oxygens (including phenoxy) is 1. The summed E-state index contributed by atoms with van der Waals surface area (Å²) in [5, 5.41) is 0. The Balaban J connectivity index is 2.63. The lowest BCUT2D eigenvalue weighted by Gasteiger charge is -2.06. The summed E-state index contributed by atoms with van der Waals surface area (Å²) in [5.41, 5.74) is 1.01. The summed E-state index contributed by atoms with van der Waals surface area (Å²) in [7, 11) is 0. The minimum Gasteiger partial charge on any atom is -0.462 e. The highest BCUT2D eigenvalue weighted by Gasteiger charge is 2.07. The third-order valence-corrected chi connectivity index (χ3v) is 1.78. The topological polar surface area (TPSA) is 30.7 Å². The lowest BCUT2D eigenvalue weighted by atomic mass is 10.2. The molecule has 3 heteroatoms. The van der Waals surface area contributed by atoms with Crippen LogP contribution in [0, 0.1) is 12.5 Å². The molecule has 0 radical (unpaired) electrons. The number of hydrogen-bond donors (Lipinski definition) is 0. The molecule has 0 spiro atoms. The van der Waals surface area contributed by atoms with Crippen molar-refractivity contribution in [2.75, 3.05) is 6.61 Å². The molecule has 3 nitrogen and oxygen atoms in total. The van der Waals surface area contributed by atoms with Crippen molar-refractivity contribution in [3.05, 3.63) is 41.2 Å². The van der Waals surface area contributed by atoms with E-state index in [9.17, 15) is 4.79 Å². The van der Waals surface area contributed by atoms with Gasteiger partial charge in [-0.2, -0.15) is 0 Å². The molecule has 15 heavy (non-hydrogen) atoms. The summed E-state index contributed by atoms with van der Waals surface area (Å²) >= 11 is 0. The zero-order valence-corrected chi connectivity index (χ0v) is 8.86. The molecule has 1 aromatic carbocycles. The number of benzene rings is 1. The van der Waals surface area contributed by atoms with Gasteiger partial charge in [0.25, 0.3) is 0 Å². The van der Waals surface area contributed by atoms with Crippen molar-refractivity contribution in [3.8, 4) is 0 Å². The predicted molar refractivity (Wildman–Crippen MR) is 57.8 cm³/mol. The number of hydrogen-bond acceptors (Lipinski definition) is 2. The number of esters is 1. The summed E-state index contributed by atoms with van der Waals surface area (Å²) in [5.74, 6) is -0.00306. The van der Waals surface area contributed by atoms with Crippen molar-refractivity contribution >= 4 is 11.7 Å². The van der Waals surface area contributed by atoms with Gasteiger partial charge in [0.05, 0.1) is 18.7 Å². The Morgan fingerprint density at radius 2 is 2.00 bits per heavy atom. The van der Waals surface area contributed by atoms with Crippen molar-refractivity contribution in [2.24, 2.45) is 5.92 Å². The van der Waals surface area contributed by atoms with Crippen LogP contribution in [0.15, 0.2) is 24.3 Å².